The smallest absolute Gasteiger partial charge is 0.203 e. The Hall–Kier alpha value is -0.720. The average Bonchev–Trinajstić information content (AvgIpc) is 2.65. The van der Waals surface area contributed by atoms with Crippen LogP contribution in [0.15, 0.2) is 0 Å². The van der Waals surface area contributed by atoms with Gasteiger partial charge in [0.1, 0.15) is 5.01 Å². The van der Waals surface area contributed by atoms with Crippen molar-refractivity contribution in [2.24, 2.45) is 0 Å². The minimum Gasteiger partial charge on any atom is -0.381 e. The molecule has 0 amide bonds. The number of aromatic nitrogens is 2. The molecule has 1 saturated heterocycles. The molecule has 0 aliphatic carbocycles. The van der Waals surface area contributed by atoms with Crippen molar-refractivity contribution >= 4 is 16.5 Å². The van der Waals surface area contributed by atoms with E-state index in [1.807, 2.05) is 0 Å². The Morgan fingerprint density at radius 3 is 2.80 bits per heavy atom. The molecule has 2 N–H and O–H groups in total. The maximum Gasteiger partial charge on any atom is 0.203 e. The second-order valence-corrected chi connectivity index (χ2v) is 4.89. The van der Waals surface area contributed by atoms with Crippen LogP contribution in [0.25, 0.3) is 0 Å². The zero-order valence-electron chi connectivity index (χ0n) is 8.85. The Bertz CT molecular complexity index is 311. The van der Waals surface area contributed by atoms with E-state index in [-0.39, 0.29) is 0 Å². The van der Waals surface area contributed by atoms with Crippen LogP contribution < -0.4 is 5.73 Å². The third-order valence-electron chi connectivity index (χ3n) is 2.68. The van der Waals surface area contributed by atoms with E-state index >= 15 is 0 Å². The topological polar surface area (TPSA) is 64.3 Å². The molecule has 0 saturated carbocycles. The summed E-state index contributed by atoms with van der Waals surface area (Å²) in [6, 6.07) is 0.601. The van der Waals surface area contributed by atoms with Gasteiger partial charge in [-0.15, -0.1) is 10.2 Å². The van der Waals surface area contributed by atoms with Gasteiger partial charge in [-0.25, -0.2) is 0 Å². The van der Waals surface area contributed by atoms with Crippen molar-refractivity contribution in [1.82, 2.24) is 15.1 Å². The Morgan fingerprint density at radius 2 is 2.20 bits per heavy atom. The summed E-state index contributed by atoms with van der Waals surface area (Å²) in [4.78, 5) is 2.31. The first-order valence-electron chi connectivity index (χ1n) is 5.11. The lowest BCUT2D eigenvalue weighted by Crippen LogP contribution is -2.36. The summed E-state index contributed by atoms with van der Waals surface area (Å²) in [7, 11) is 2.12. The maximum absolute atomic E-state index is 5.54. The molecule has 6 heteroatoms. The van der Waals surface area contributed by atoms with Gasteiger partial charge in [0.05, 0.1) is 6.54 Å². The predicted molar refractivity (Wildman–Crippen MR) is 59.6 cm³/mol. The van der Waals surface area contributed by atoms with E-state index in [9.17, 15) is 0 Å². The number of nitrogen functional groups attached to an aromatic ring is 1. The minimum atomic E-state index is 0.547. The SMILES string of the molecule is CN(Cc1nnc(N)s1)C1CCOCC1. The highest BCUT2D eigenvalue weighted by Crippen LogP contribution is 2.18. The summed E-state index contributed by atoms with van der Waals surface area (Å²) in [5, 5.41) is 9.37. The van der Waals surface area contributed by atoms with Crippen LogP contribution in [0.5, 0.6) is 0 Å². The minimum absolute atomic E-state index is 0.547. The molecule has 2 rings (SSSR count). The zero-order chi connectivity index (χ0) is 10.7. The fourth-order valence-corrected chi connectivity index (χ4v) is 2.47. The van der Waals surface area contributed by atoms with Crippen LogP contribution in [0, 0.1) is 0 Å². The molecular weight excluding hydrogens is 212 g/mol. The molecule has 0 unspecified atom stereocenters. The van der Waals surface area contributed by atoms with Crippen molar-refractivity contribution in [1.29, 1.82) is 0 Å². The molecule has 0 aromatic carbocycles. The summed E-state index contributed by atoms with van der Waals surface area (Å²) in [6.45, 7) is 2.57. The van der Waals surface area contributed by atoms with Gasteiger partial charge in [0.2, 0.25) is 5.13 Å². The Kier molecular flexibility index (Phi) is 3.50. The standard InChI is InChI=1S/C9H16N4OS/c1-13(7-2-4-14-5-3-7)6-8-11-12-9(10)15-8/h7H,2-6H2,1H3,(H2,10,12). The van der Waals surface area contributed by atoms with Gasteiger partial charge < -0.3 is 10.5 Å². The van der Waals surface area contributed by atoms with Gasteiger partial charge in [-0.3, -0.25) is 4.90 Å². The number of ether oxygens (including phenoxy) is 1. The van der Waals surface area contributed by atoms with Crippen molar-refractivity contribution in [3.63, 3.8) is 0 Å². The Morgan fingerprint density at radius 1 is 1.47 bits per heavy atom. The first-order chi connectivity index (χ1) is 7.25. The average molecular weight is 228 g/mol. The van der Waals surface area contributed by atoms with Gasteiger partial charge in [0, 0.05) is 19.3 Å². The summed E-state index contributed by atoms with van der Waals surface area (Å²) >= 11 is 1.46. The normalized spacial score (nSPS) is 18.5. The molecule has 1 fully saturated rings. The fraction of sp³-hybridized carbons (Fsp3) is 0.778. The summed E-state index contributed by atoms with van der Waals surface area (Å²) in [5.74, 6) is 0. The van der Waals surface area contributed by atoms with E-state index in [2.05, 4.69) is 22.1 Å². The second kappa shape index (κ2) is 4.87. The largest absolute Gasteiger partial charge is 0.381 e. The number of nitrogens with two attached hydrogens (primary N) is 1. The van der Waals surface area contributed by atoms with Crippen LogP contribution in [-0.4, -0.2) is 41.4 Å². The van der Waals surface area contributed by atoms with E-state index < -0.39 is 0 Å². The summed E-state index contributed by atoms with van der Waals surface area (Å²) in [6.07, 6.45) is 2.20. The number of rotatable bonds is 3. The highest BCUT2D eigenvalue weighted by molar-refractivity contribution is 7.15. The lowest BCUT2D eigenvalue weighted by atomic mass is 10.1. The molecule has 84 valence electrons. The third-order valence-corrected chi connectivity index (χ3v) is 3.42. The molecule has 2 heterocycles. The van der Waals surface area contributed by atoms with Crippen molar-refractivity contribution in [3.8, 4) is 0 Å². The molecule has 1 aromatic heterocycles. The van der Waals surface area contributed by atoms with Gasteiger partial charge in [-0.05, 0) is 19.9 Å². The zero-order valence-corrected chi connectivity index (χ0v) is 9.66. The first-order valence-corrected chi connectivity index (χ1v) is 5.93. The highest BCUT2D eigenvalue weighted by atomic mass is 32.1. The number of nitrogens with zero attached hydrogens (tertiary/aromatic N) is 3. The molecule has 0 atom stereocenters. The molecule has 15 heavy (non-hydrogen) atoms. The van der Waals surface area contributed by atoms with Crippen molar-refractivity contribution in [2.45, 2.75) is 25.4 Å². The van der Waals surface area contributed by atoms with Crippen molar-refractivity contribution < 1.29 is 4.74 Å². The number of hydrogen-bond acceptors (Lipinski definition) is 6. The van der Waals surface area contributed by atoms with Crippen LogP contribution in [0.3, 0.4) is 0 Å². The molecule has 0 spiro atoms. The van der Waals surface area contributed by atoms with Crippen LogP contribution >= 0.6 is 11.3 Å². The van der Waals surface area contributed by atoms with E-state index in [0.717, 1.165) is 37.6 Å². The third kappa shape index (κ3) is 2.87. The van der Waals surface area contributed by atoms with Gasteiger partial charge in [-0.1, -0.05) is 11.3 Å². The van der Waals surface area contributed by atoms with Crippen LogP contribution in [-0.2, 0) is 11.3 Å². The number of anilines is 1. The molecular formula is C9H16N4OS. The molecule has 0 bridgehead atoms. The van der Waals surface area contributed by atoms with Crippen LogP contribution in [0.4, 0.5) is 5.13 Å². The lowest BCUT2D eigenvalue weighted by Gasteiger charge is -2.30. The molecule has 1 aromatic rings. The number of hydrogen-bond donors (Lipinski definition) is 1. The fourth-order valence-electron chi connectivity index (χ4n) is 1.80. The predicted octanol–water partition coefficient (Wildman–Crippen LogP) is 0.731. The quantitative estimate of drug-likeness (QED) is 0.826. The highest BCUT2D eigenvalue weighted by Gasteiger charge is 2.19. The van der Waals surface area contributed by atoms with Gasteiger partial charge in [0.25, 0.3) is 0 Å². The van der Waals surface area contributed by atoms with Gasteiger partial charge in [-0.2, -0.15) is 0 Å². The van der Waals surface area contributed by atoms with Gasteiger partial charge in [0.15, 0.2) is 0 Å². The van der Waals surface area contributed by atoms with Crippen molar-refractivity contribution in [3.05, 3.63) is 5.01 Å². The molecule has 1 aliphatic heterocycles. The first kappa shape index (κ1) is 10.8. The van der Waals surface area contributed by atoms with E-state index in [1.165, 1.54) is 11.3 Å². The van der Waals surface area contributed by atoms with E-state index in [4.69, 9.17) is 10.5 Å². The lowest BCUT2D eigenvalue weighted by molar-refractivity contribution is 0.0406. The summed E-state index contributed by atoms with van der Waals surface area (Å²) in [5.41, 5.74) is 5.54. The van der Waals surface area contributed by atoms with Crippen LogP contribution in [0.1, 0.15) is 17.8 Å². The Balaban J connectivity index is 1.88. The molecule has 1 aliphatic rings. The maximum atomic E-state index is 5.54. The van der Waals surface area contributed by atoms with E-state index in [0.29, 0.717) is 11.2 Å². The van der Waals surface area contributed by atoms with E-state index in [1.54, 1.807) is 0 Å². The van der Waals surface area contributed by atoms with Gasteiger partial charge >= 0.3 is 0 Å². The van der Waals surface area contributed by atoms with Crippen LogP contribution in [0.2, 0.25) is 0 Å². The molecule has 5 nitrogen and oxygen atoms in total. The Labute approximate surface area is 93.2 Å². The van der Waals surface area contributed by atoms with Crippen molar-refractivity contribution in [2.75, 3.05) is 26.0 Å². The second-order valence-electron chi connectivity index (χ2n) is 3.79. The molecule has 0 radical (unpaired) electrons. The monoisotopic (exact) mass is 228 g/mol. The summed E-state index contributed by atoms with van der Waals surface area (Å²) < 4.78 is 5.33.